The second kappa shape index (κ2) is 15.6. The van der Waals surface area contributed by atoms with Crippen LogP contribution in [0.4, 0.5) is 0 Å². The van der Waals surface area contributed by atoms with Crippen molar-refractivity contribution >= 4 is 29.4 Å². The molecule has 0 saturated carbocycles. The van der Waals surface area contributed by atoms with Crippen molar-refractivity contribution in [1.82, 2.24) is 4.57 Å². The van der Waals surface area contributed by atoms with Crippen molar-refractivity contribution in [3.8, 4) is 23.0 Å². The maximum atomic E-state index is 14.1. The van der Waals surface area contributed by atoms with E-state index in [9.17, 15) is 14.4 Å². The van der Waals surface area contributed by atoms with Crippen molar-refractivity contribution in [2.75, 3.05) is 33.5 Å². The Morgan fingerprint density at radius 1 is 0.957 bits per heavy atom. The minimum Gasteiger partial charge on any atom is -0.490 e. The predicted octanol–water partition coefficient (Wildman–Crippen LogP) is 4.32. The Morgan fingerprint density at radius 2 is 1.65 bits per heavy atom. The summed E-state index contributed by atoms with van der Waals surface area (Å²) in [6, 6.07) is 9.73. The Kier molecular flexibility index (Phi) is 11.6. The fourth-order valence-electron chi connectivity index (χ4n) is 4.82. The molecule has 1 aliphatic rings. The molecule has 0 fully saturated rings. The molecule has 1 aliphatic heterocycles. The molecule has 0 bridgehead atoms. The van der Waals surface area contributed by atoms with E-state index in [1.807, 2.05) is 45.9 Å². The molecule has 0 amide bonds. The lowest BCUT2D eigenvalue weighted by Crippen LogP contribution is -2.40. The number of aromatic nitrogens is 1. The van der Waals surface area contributed by atoms with Crippen molar-refractivity contribution < 1.29 is 38.0 Å². The van der Waals surface area contributed by atoms with Crippen LogP contribution in [0.3, 0.4) is 0 Å². The molecule has 0 spiro atoms. The molecule has 12 heteroatoms. The van der Waals surface area contributed by atoms with Crippen LogP contribution in [-0.4, -0.2) is 56.1 Å². The fraction of sp³-hybridized carbons (Fsp3) is 0.412. The Morgan fingerprint density at radius 3 is 2.30 bits per heavy atom. The summed E-state index contributed by atoms with van der Waals surface area (Å²) >= 11 is 1.22. The first-order valence-corrected chi connectivity index (χ1v) is 16.1. The van der Waals surface area contributed by atoms with E-state index in [4.69, 9.17) is 23.7 Å². The van der Waals surface area contributed by atoms with E-state index < -0.39 is 18.0 Å². The lowest BCUT2D eigenvalue weighted by Gasteiger charge is -2.25. The highest BCUT2D eigenvalue weighted by Gasteiger charge is 2.34. The summed E-state index contributed by atoms with van der Waals surface area (Å²) in [5, 5.41) is 0. The highest BCUT2D eigenvalue weighted by molar-refractivity contribution is 7.07. The van der Waals surface area contributed by atoms with E-state index in [0.717, 1.165) is 12.0 Å². The van der Waals surface area contributed by atoms with Crippen LogP contribution in [0.2, 0.25) is 0 Å². The van der Waals surface area contributed by atoms with Gasteiger partial charge in [-0.15, -0.1) is 0 Å². The number of hydrogen-bond donors (Lipinski definition) is 0. The molecule has 2 aromatic carbocycles. The summed E-state index contributed by atoms with van der Waals surface area (Å²) in [6.45, 7) is 11.8. The molecular weight excluding hydrogens is 612 g/mol. The molecule has 0 unspecified atom stereocenters. The number of esters is 2. The van der Waals surface area contributed by atoms with Crippen molar-refractivity contribution in [3.63, 3.8) is 0 Å². The zero-order valence-corrected chi connectivity index (χ0v) is 28.0. The maximum absolute atomic E-state index is 14.1. The van der Waals surface area contributed by atoms with Crippen LogP contribution in [0.25, 0.3) is 6.08 Å². The highest BCUT2D eigenvalue weighted by Crippen LogP contribution is 2.36. The quantitative estimate of drug-likeness (QED) is 0.234. The molecular formula is C34H40N2O9S. The van der Waals surface area contributed by atoms with Gasteiger partial charge in [-0.05, 0) is 82.5 Å². The van der Waals surface area contributed by atoms with Crippen molar-refractivity contribution in [2.45, 2.75) is 60.1 Å². The maximum Gasteiger partial charge on any atom is 0.343 e. The molecule has 0 saturated heterocycles. The van der Waals surface area contributed by atoms with Gasteiger partial charge in [0.05, 0.1) is 54.9 Å². The Bertz CT molecular complexity index is 1790. The van der Waals surface area contributed by atoms with E-state index in [0.29, 0.717) is 56.8 Å². The topological polar surface area (TPSA) is 124 Å². The molecule has 0 radical (unpaired) electrons. The number of thiazole rings is 1. The van der Waals surface area contributed by atoms with Crippen molar-refractivity contribution in [1.29, 1.82) is 0 Å². The number of hydrogen-bond acceptors (Lipinski definition) is 11. The number of ether oxygens (including phenoxy) is 6. The Balaban J connectivity index is 1.86. The van der Waals surface area contributed by atoms with E-state index >= 15 is 0 Å². The predicted molar refractivity (Wildman–Crippen MR) is 174 cm³/mol. The molecule has 0 aliphatic carbocycles. The first kappa shape index (κ1) is 34.3. The summed E-state index contributed by atoms with van der Waals surface area (Å²) in [4.78, 5) is 44.3. The van der Waals surface area contributed by atoms with E-state index in [1.54, 1.807) is 38.1 Å². The van der Waals surface area contributed by atoms with Crippen LogP contribution >= 0.6 is 11.3 Å². The number of allylic oxidation sites excluding steroid dienone is 1. The summed E-state index contributed by atoms with van der Waals surface area (Å²) in [5.74, 6) is 0.743. The molecule has 46 heavy (non-hydrogen) atoms. The van der Waals surface area contributed by atoms with Gasteiger partial charge in [-0.2, -0.15) is 0 Å². The van der Waals surface area contributed by atoms with E-state index in [-0.39, 0.29) is 30.5 Å². The molecule has 0 N–H and O–H groups in total. The smallest absolute Gasteiger partial charge is 0.343 e. The number of rotatable bonds is 14. The zero-order chi connectivity index (χ0) is 33.4. The van der Waals surface area contributed by atoms with Gasteiger partial charge in [0.2, 0.25) is 0 Å². The number of benzene rings is 2. The monoisotopic (exact) mass is 652 g/mol. The molecule has 4 rings (SSSR count). The van der Waals surface area contributed by atoms with Crippen LogP contribution in [0.1, 0.15) is 65.1 Å². The molecule has 2 atom stereocenters. The average Bonchev–Trinajstić information content (AvgIpc) is 3.34. The summed E-state index contributed by atoms with van der Waals surface area (Å²) in [5.41, 5.74) is 1.66. The normalized spacial score (nSPS) is 15.0. The van der Waals surface area contributed by atoms with Crippen LogP contribution in [0.15, 0.2) is 57.5 Å². The Labute approximate surface area is 271 Å². The average molecular weight is 653 g/mol. The molecule has 11 nitrogen and oxygen atoms in total. The first-order chi connectivity index (χ1) is 22.1. The second-order valence-corrected chi connectivity index (χ2v) is 11.3. The third-order valence-electron chi connectivity index (χ3n) is 7.14. The number of carbonyl (C=O) groups excluding carboxylic acids is 2. The van der Waals surface area contributed by atoms with Gasteiger partial charge in [0.15, 0.2) is 34.4 Å². The van der Waals surface area contributed by atoms with Crippen LogP contribution in [-0.2, 0) is 19.1 Å². The number of carbonyl (C=O) groups is 2. The van der Waals surface area contributed by atoms with Gasteiger partial charge in [-0.1, -0.05) is 30.4 Å². The standard InChI is InChI=1S/C34H40N2O9S/c1-8-20(5)45-25-14-12-22(16-26(25)41-9-2)17-28-32(38)36-31(30(33(39)43-11-4)21(6)35-34(36)46-28)23-13-15-24(27(18-23)42-10-3)44-19-29(37)40-7/h12-18,20,31H,8-11,19H2,1-7H3/b28-17-/t20-,31+/m1/s1. The first-order valence-electron chi connectivity index (χ1n) is 15.2. The lowest BCUT2D eigenvalue weighted by atomic mass is 9.95. The minimum atomic E-state index is -0.864. The van der Waals surface area contributed by atoms with Gasteiger partial charge >= 0.3 is 11.9 Å². The van der Waals surface area contributed by atoms with E-state index in [2.05, 4.69) is 9.73 Å². The number of nitrogens with zero attached hydrogens (tertiary/aromatic N) is 2. The largest absolute Gasteiger partial charge is 0.490 e. The summed E-state index contributed by atoms with van der Waals surface area (Å²) < 4.78 is 35.4. The zero-order valence-electron chi connectivity index (χ0n) is 27.2. The molecule has 246 valence electrons. The van der Waals surface area contributed by atoms with Crippen LogP contribution in [0, 0.1) is 0 Å². The number of methoxy groups -OCH3 is 1. The van der Waals surface area contributed by atoms with Gasteiger partial charge in [0.25, 0.3) is 5.56 Å². The van der Waals surface area contributed by atoms with Crippen molar-refractivity contribution in [2.24, 2.45) is 4.99 Å². The minimum absolute atomic E-state index is 0.0160. The number of fused-ring (bicyclic) bond motifs is 1. The van der Waals surface area contributed by atoms with Gasteiger partial charge in [0.1, 0.15) is 0 Å². The third kappa shape index (κ3) is 7.61. The second-order valence-electron chi connectivity index (χ2n) is 10.3. The molecule has 3 aromatic rings. The summed E-state index contributed by atoms with van der Waals surface area (Å²) in [7, 11) is 1.27. The van der Waals surface area contributed by atoms with Crippen LogP contribution in [0.5, 0.6) is 23.0 Å². The van der Waals surface area contributed by atoms with E-state index in [1.165, 1.54) is 23.0 Å². The van der Waals surface area contributed by atoms with Gasteiger partial charge in [-0.25, -0.2) is 14.6 Å². The van der Waals surface area contributed by atoms with Gasteiger partial charge in [-0.3, -0.25) is 9.36 Å². The molecule has 1 aromatic heterocycles. The third-order valence-corrected chi connectivity index (χ3v) is 8.12. The van der Waals surface area contributed by atoms with Crippen molar-refractivity contribution in [3.05, 3.63) is 78.5 Å². The SMILES string of the molecule is CCOC(=O)C1=C(C)N=c2s/c(=C\c3ccc(O[C@H](C)CC)c(OCC)c3)c(=O)n2[C@H]1c1ccc(OCC(=O)OC)c(OCC)c1. The fourth-order valence-corrected chi connectivity index (χ4v) is 5.86. The lowest BCUT2D eigenvalue weighted by molar-refractivity contribution is -0.143. The Hall–Kier alpha value is -4.58. The van der Waals surface area contributed by atoms with Gasteiger partial charge in [0, 0.05) is 0 Å². The molecule has 2 heterocycles. The summed E-state index contributed by atoms with van der Waals surface area (Å²) in [6.07, 6.45) is 2.63. The van der Waals surface area contributed by atoms with Crippen LogP contribution < -0.4 is 33.8 Å². The highest BCUT2D eigenvalue weighted by atomic mass is 32.1. The van der Waals surface area contributed by atoms with Gasteiger partial charge < -0.3 is 28.4 Å².